The second-order valence-electron chi connectivity index (χ2n) is 6.59. The highest BCUT2D eigenvalue weighted by molar-refractivity contribution is 7.95. The monoisotopic (exact) mass is 422 g/mol. The van der Waals surface area contributed by atoms with E-state index in [1.54, 1.807) is 12.1 Å². The molecule has 2 aromatic carbocycles. The number of benzene rings is 2. The van der Waals surface area contributed by atoms with Gasteiger partial charge in [0.25, 0.3) is 0 Å². The van der Waals surface area contributed by atoms with Crippen LogP contribution >= 0.6 is 7.60 Å². The van der Waals surface area contributed by atoms with Crippen LogP contribution in [0.5, 0.6) is 0 Å². The van der Waals surface area contributed by atoms with Crippen molar-refractivity contribution < 1.29 is 27.4 Å². The van der Waals surface area contributed by atoms with Crippen LogP contribution in [0, 0.1) is 12.8 Å². The zero-order valence-corrected chi connectivity index (χ0v) is 17.9. The standard InChI is InChI=1S/C20H23O6PS/c1-14-10-12-16(13-11-14)28(23)20(27(22,25-3)26-4)17(18(20)19(21)24-2)15-8-6-5-7-9-15/h5-13,17-18H,1-4H3/t17-,18+,20+,28?/m1/s1. The van der Waals surface area contributed by atoms with E-state index in [4.69, 9.17) is 13.8 Å². The number of methoxy groups -OCH3 is 1. The van der Waals surface area contributed by atoms with Crippen LogP contribution in [0.1, 0.15) is 17.0 Å². The molecule has 1 saturated carbocycles. The minimum atomic E-state index is -3.95. The fourth-order valence-corrected chi connectivity index (χ4v) is 8.87. The van der Waals surface area contributed by atoms with Crippen LogP contribution < -0.4 is 0 Å². The Labute approximate surface area is 167 Å². The van der Waals surface area contributed by atoms with Crippen molar-refractivity contribution in [1.29, 1.82) is 0 Å². The molecule has 0 aliphatic heterocycles. The van der Waals surface area contributed by atoms with Crippen molar-refractivity contribution in [3.63, 3.8) is 0 Å². The number of carbonyl (C=O) groups is 1. The minimum Gasteiger partial charge on any atom is -0.469 e. The normalized spacial score (nSPS) is 25.1. The molecule has 1 unspecified atom stereocenters. The summed E-state index contributed by atoms with van der Waals surface area (Å²) in [5.74, 6) is -2.15. The van der Waals surface area contributed by atoms with Crippen molar-refractivity contribution in [3.05, 3.63) is 65.7 Å². The van der Waals surface area contributed by atoms with E-state index in [0.717, 1.165) is 11.1 Å². The number of hydrogen-bond acceptors (Lipinski definition) is 6. The molecule has 0 radical (unpaired) electrons. The molecular weight excluding hydrogens is 399 g/mol. The summed E-state index contributed by atoms with van der Waals surface area (Å²) in [6.07, 6.45) is 0. The lowest BCUT2D eigenvalue weighted by atomic mass is 10.1. The Morgan fingerprint density at radius 1 is 1.00 bits per heavy atom. The van der Waals surface area contributed by atoms with Gasteiger partial charge in [0.05, 0.1) is 23.8 Å². The Morgan fingerprint density at radius 2 is 1.57 bits per heavy atom. The van der Waals surface area contributed by atoms with Gasteiger partial charge in [-0.05, 0) is 24.6 Å². The summed E-state index contributed by atoms with van der Waals surface area (Å²) in [7, 11) is -2.07. The number of esters is 1. The second kappa shape index (κ2) is 7.91. The lowest BCUT2D eigenvalue weighted by Crippen LogP contribution is -2.26. The first kappa shape index (κ1) is 20.9. The zero-order valence-electron chi connectivity index (χ0n) is 16.2. The van der Waals surface area contributed by atoms with Gasteiger partial charge in [-0.2, -0.15) is 0 Å². The summed E-state index contributed by atoms with van der Waals surface area (Å²) < 4.78 is 41.5. The summed E-state index contributed by atoms with van der Waals surface area (Å²) in [4.78, 5) is 13.1. The molecule has 2 aromatic rings. The Morgan fingerprint density at radius 3 is 2.07 bits per heavy atom. The number of aryl methyl sites for hydroxylation is 1. The maximum Gasteiger partial charge on any atom is 0.350 e. The molecule has 4 atom stereocenters. The van der Waals surface area contributed by atoms with E-state index in [-0.39, 0.29) is 0 Å². The largest absolute Gasteiger partial charge is 0.469 e. The lowest BCUT2D eigenvalue weighted by molar-refractivity contribution is -0.142. The van der Waals surface area contributed by atoms with E-state index in [1.807, 2.05) is 49.4 Å². The molecule has 3 rings (SSSR count). The number of hydrogen-bond donors (Lipinski definition) is 0. The Kier molecular flexibility index (Phi) is 5.92. The maximum absolute atomic E-state index is 13.8. The van der Waals surface area contributed by atoms with Gasteiger partial charge in [-0.1, -0.05) is 48.0 Å². The predicted molar refractivity (Wildman–Crippen MR) is 107 cm³/mol. The molecule has 0 aromatic heterocycles. The van der Waals surface area contributed by atoms with Crippen LogP contribution in [0.25, 0.3) is 0 Å². The number of ether oxygens (including phenoxy) is 1. The third-order valence-electron chi connectivity index (χ3n) is 5.17. The molecule has 6 nitrogen and oxygen atoms in total. The Bertz CT molecular complexity index is 921. The third-order valence-corrected chi connectivity index (χ3v) is 10.5. The van der Waals surface area contributed by atoms with Crippen molar-refractivity contribution in [2.24, 2.45) is 5.92 Å². The summed E-state index contributed by atoms with van der Waals surface area (Å²) in [6, 6.07) is 16.1. The highest BCUT2D eigenvalue weighted by Crippen LogP contribution is 2.81. The van der Waals surface area contributed by atoms with Gasteiger partial charge < -0.3 is 13.8 Å². The first-order valence-corrected chi connectivity index (χ1v) is 11.4. The first-order chi connectivity index (χ1) is 13.4. The van der Waals surface area contributed by atoms with E-state index in [2.05, 4.69) is 0 Å². The fourth-order valence-electron chi connectivity index (χ4n) is 3.76. The third kappa shape index (κ3) is 3.07. The van der Waals surface area contributed by atoms with Crippen LogP contribution in [-0.4, -0.2) is 36.0 Å². The topological polar surface area (TPSA) is 78.9 Å². The SMILES string of the molecule is COC(=O)[C@@H]1[C@@H](c2ccccc2)[C@@]1(S(=O)c1ccc(C)cc1)P(=O)(OC)OC. The number of carbonyl (C=O) groups excluding carboxylic acids is 1. The van der Waals surface area contributed by atoms with Gasteiger partial charge >= 0.3 is 13.6 Å². The van der Waals surface area contributed by atoms with Crippen molar-refractivity contribution in [3.8, 4) is 0 Å². The Hall–Kier alpha value is -1.79. The molecule has 0 saturated heterocycles. The molecule has 0 bridgehead atoms. The number of rotatable bonds is 7. The van der Waals surface area contributed by atoms with Crippen molar-refractivity contribution in [1.82, 2.24) is 0 Å². The van der Waals surface area contributed by atoms with Crippen LogP contribution in [-0.2, 0) is 33.9 Å². The fraction of sp³-hybridized carbons (Fsp3) is 0.350. The van der Waals surface area contributed by atoms with E-state index in [0.29, 0.717) is 4.90 Å². The van der Waals surface area contributed by atoms with E-state index < -0.39 is 40.7 Å². The lowest BCUT2D eigenvalue weighted by Gasteiger charge is -2.25. The van der Waals surface area contributed by atoms with Gasteiger partial charge in [0.15, 0.2) is 4.49 Å². The van der Waals surface area contributed by atoms with Gasteiger partial charge in [0.1, 0.15) is 0 Å². The molecule has 1 aliphatic carbocycles. The molecule has 150 valence electrons. The van der Waals surface area contributed by atoms with Crippen molar-refractivity contribution in [2.45, 2.75) is 22.2 Å². The van der Waals surface area contributed by atoms with Gasteiger partial charge in [-0.3, -0.25) is 13.6 Å². The molecule has 0 amide bonds. The quantitative estimate of drug-likeness (QED) is 0.498. The second-order valence-corrected chi connectivity index (χ2v) is 11.0. The maximum atomic E-state index is 13.8. The summed E-state index contributed by atoms with van der Waals surface area (Å²) in [6.45, 7) is 1.92. The molecule has 1 aliphatic rings. The van der Waals surface area contributed by atoms with Crippen molar-refractivity contribution in [2.75, 3.05) is 21.3 Å². The van der Waals surface area contributed by atoms with Crippen molar-refractivity contribution >= 4 is 24.4 Å². The first-order valence-electron chi connectivity index (χ1n) is 8.70. The van der Waals surface area contributed by atoms with Crippen LogP contribution in [0.3, 0.4) is 0 Å². The highest BCUT2D eigenvalue weighted by atomic mass is 32.2. The summed E-state index contributed by atoms with van der Waals surface area (Å²) in [5, 5.41) is 0. The molecule has 0 spiro atoms. The highest BCUT2D eigenvalue weighted by Gasteiger charge is 2.83. The van der Waals surface area contributed by atoms with Gasteiger partial charge in [-0.15, -0.1) is 0 Å². The molecule has 28 heavy (non-hydrogen) atoms. The molecule has 0 heterocycles. The van der Waals surface area contributed by atoms with E-state index in [9.17, 15) is 13.6 Å². The average molecular weight is 422 g/mol. The van der Waals surface area contributed by atoms with Crippen LogP contribution in [0.2, 0.25) is 0 Å². The van der Waals surface area contributed by atoms with Crippen LogP contribution in [0.4, 0.5) is 0 Å². The molecule has 1 fully saturated rings. The van der Waals surface area contributed by atoms with E-state index in [1.165, 1.54) is 21.3 Å². The van der Waals surface area contributed by atoms with Gasteiger partial charge in [0.2, 0.25) is 0 Å². The predicted octanol–water partition coefficient (Wildman–Crippen LogP) is 3.87. The smallest absolute Gasteiger partial charge is 0.350 e. The zero-order chi connectivity index (χ0) is 20.5. The van der Waals surface area contributed by atoms with Gasteiger partial charge in [-0.25, -0.2) is 0 Å². The average Bonchev–Trinajstić information content (AvgIpc) is 3.45. The summed E-state index contributed by atoms with van der Waals surface area (Å²) in [5.41, 5.74) is 1.73. The van der Waals surface area contributed by atoms with Gasteiger partial charge in [0, 0.05) is 25.0 Å². The summed E-state index contributed by atoms with van der Waals surface area (Å²) >= 11 is 0. The van der Waals surface area contributed by atoms with Crippen LogP contribution in [0.15, 0.2) is 59.5 Å². The molecular formula is C20H23O6PS. The molecule has 8 heteroatoms. The molecule has 0 N–H and O–H groups in total. The Balaban J connectivity index is 2.23. The minimum absolute atomic E-state index is 0.451. The van der Waals surface area contributed by atoms with E-state index >= 15 is 0 Å².